The van der Waals surface area contributed by atoms with Gasteiger partial charge in [0.2, 0.25) is 5.89 Å². The van der Waals surface area contributed by atoms with Crippen LogP contribution >= 0.6 is 0 Å². The lowest BCUT2D eigenvalue weighted by atomic mass is 10.0. The van der Waals surface area contributed by atoms with E-state index in [-0.39, 0.29) is 12.1 Å². The van der Waals surface area contributed by atoms with Crippen LogP contribution in [0.4, 0.5) is 4.79 Å². The van der Waals surface area contributed by atoms with Crippen molar-refractivity contribution in [1.29, 1.82) is 0 Å². The monoisotopic (exact) mass is 371 g/mol. The Morgan fingerprint density at radius 1 is 1.30 bits per heavy atom. The van der Waals surface area contributed by atoms with E-state index in [1.807, 2.05) is 51.1 Å². The van der Waals surface area contributed by atoms with E-state index in [2.05, 4.69) is 15.2 Å². The number of ether oxygens (including phenoxy) is 1. The molecule has 2 heterocycles. The zero-order valence-electron chi connectivity index (χ0n) is 16.4. The Morgan fingerprint density at radius 3 is 2.81 bits per heavy atom. The summed E-state index contributed by atoms with van der Waals surface area (Å²) >= 11 is 0. The Morgan fingerprint density at radius 2 is 2.07 bits per heavy atom. The van der Waals surface area contributed by atoms with Gasteiger partial charge in [-0.25, -0.2) is 9.78 Å². The van der Waals surface area contributed by atoms with Gasteiger partial charge in [-0.1, -0.05) is 36.8 Å². The lowest BCUT2D eigenvalue weighted by Crippen LogP contribution is -2.47. The largest absolute Gasteiger partial charge is 0.444 e. The van der Waals surface area contributed by atoms with Gasteiger partial charge in [-0.3, -0.25) is 4.90 Å². The van der Waals surface area contributed by atoms with Crippen LogP contribution in [-0.4, -0.2) is 40.7 Å². The van der Waals surface area contributed by atoms with Gasteiger partial charge in [0.05, 0.1) is 12.7 Å². The first-order valence-electron chi connectivity index (χ1n) is 9.62. The molecule has 3 rings (SSSR count). The summed E-state index contributed by atoms with van der Waals surface area (Å²) in [6, 6.07) is 10.2. The highest BCUT2D eigenvalue weighted by molar-refractivity contribution is 5.67. The van der Waals surface area contributed by atoms with Gasteiger partial charge in [-0.2, -0.15) is 0 Å². The van der Waals surface area contributed by atoms with Crippen LogP contribution < -0.4 is 5.32 Å². The van der Waals surface area contributed by atoms with E-state index in [9.17, 15) is 4.79 Å². The molecule has 0 aliphatic carbocycles. The summed E-state index contributed by atoms with van der Waals surface area (Å²) in [6.07, 6.45) is 4.77. The number of aromatic nitrogens is 1. The minimum absolute atomic E-state index is 0.262. The van der Waals surface area contributed by atoms with Crippen molar-refractivity contribution in [1.82, 2.24) is 15.2 Å². The van der Waals surface area contributed by atoms with Gasteiger partial charge in [0.25, 0.3) is 0 Å². The summed E-state index contributed by atoms with van der Waals surface area (Å²) in [4.78, 5) is 18.7. The van der Waals surface area contributed by atoms with E-state index in [0.29, 0.717) is 19.0 Å². The third-order valence-corrected chi connectivity index (χ3v) is 4.58. The number of hydrogen-bond donors (Lipinski definition) is 1. The molecule has 1 aromatic carbocycles. The van der Waals surface area contributed by atoms with Crippen LogP contribution in [0.3, 0.4) is 0 Å². The maximum Gasteiger partial charge on any atom is 0.407 e. The normalized spacial score (nSPS) is 18.3. The maximum absolute atomic E-state index is 11.9. The summed E-state index contributed by atoms with van der Waals surface area (Å²) < 4.78 is 11.3. The molecule has 1 aliphatic rings. The Hall–Kier alpha value is -2.34. The second kappa shape index (κ2) is 8.57. The number of likely N-dealkylation sites (tertiary alicyclic amines) is 1. The highest BCUT2D eigenvalue weighted by Gasteiger charge is 2.25. The molecular weight excluding hydrogens is 342 g/mol. The number of carbonyl (C=O) groups is 1. The van der Waals surface area contributed by atoms with Crippen molar-refractivity contribution < 1.29 is 13.9 Å². The van der Waals surface area contributed by atoms with E-state index in [1.54, 1.807) is 6.20 Å². The highest BCUT2D eigenvalue weighted by Crippen LogP contribution is 2.23. The summed E-state index contributed by atoms with van der Waals surface area (Å²) in [6.45, 7) is 7.80. The van der Waals surface area contributed by atoms with Gasteiger partial charge >= 0.3 is 6.09 Å². The minimum Gasteiger partial charge on any atom is -0.444 e. The van der Waals surface area contributed by atoms with Crippen molar-refractivity contribution in [2.24, 2.45) is 0 Å². The van der Waals surface area contributed by atoms with Crippen LogP contribution in [0, 0.1) is 0 Å². The number of carbonyl (C=O) groups excluding carboxylic acids is 1. The quantitative estimate of drug-likeness (QED) is 0.852. The molecule has 1 amide bonds. The van der Waals surface area contributed by atoms with Crippen molar-refractivity contribution in [3.63, 3.8) is 0 Å². The molecule has 1 unspecified atom stereocenters. The Balaban J connectivity index is 1.58. The number of benzene rings is 1. The van der Waals surface area contributed by atoms with Gasteiger partial charge < -0.3 is 14.5 Å². The first-order valence-corrected chi connectivity index (χ1v) is 9.62. The minimum atomic E-state index is -0.484. The first kappa shape index (κ1) is 19.4. The van der Waals surface area contributed by atoms with Crippen molar-refractivity contribution >= 4 is 6.09 Å². The average Bonchev–Trinajstić information content (AvgIpc) is 3.09. The molecule has 6 heteroatoms. The zero-order valence-corrected chi connectivity index (χ0v) is 16.4. The summed E-state index contributed by atoms with van der Waals surface area (Å²) in [5.74, 6) is 1.49. The van der Waals surface area contributed by atoms with Crippen molar-refractivity contribution in [3.05, 3.63) is 42.4 Å². The van der Waals surface area contributed by atoms with Crippen LogP contribution in [0.25, 0.3) is 11.3 Å². The number of piperidine rings is 1. The lowest BCUT2D eigenvalue weighted by Gasteiger charge is -2.35. The number of hydrogen-bond acceptors (Lipinski definition) is 5. The van der Waals surface area contributed by atoms with E-state index >= 15 is 0 Å². The Bertz CT molecular complexity index is 737. The SMILES string of the molecule is CC(C)(C)OC(=O)NCC1CCCCN1Cc1ncc(-c2ccccc2)o1. The highest BCUT2D eigenvalue weighted by atomic mass is 16.6. The van der Waals surface area contributed by atoms with Crippen molar-refractivity contribution in [2.75, 3.05) is 13.1 Å². The van der Waals surface area contributed by atoms with Gasteiger partial charge in [0.1, 0.15) is 5.60 Å². The average molecular weight is 371 g/mol. The third kappa shape index (κ3) is 5.82. The molecule has 0 spiro atoms. The van der Waals surface area contributed by atoms with Crippen LogP contribution in [0.1, 0.15) is 45.9 Å². The van der Waals surface area contributed by atoms with E-state index in [1.165, 1.54) is 0 Å². The molecule has 27 heavy (non-hydrogen) atoms. The topological polar surface area (TPSA) is 67.6 Å². The fourth-order valence-corrected chi connectivity index (χ4v) is 3.31. The number of rotatable bonds is 5. The first-order chi connectivity index (χ1) is 12.9. The molecular formula is C21H29N3O3. The van der Waals surface area contributed by atoms with E-state index in [0.717, 1.165) is 37.1 Å². The molecule has 1 aliphatic heterocycles. The zero-order chi connectivity index (χ0) is 19.3. The van der Waals surface area contributed by atoms with Gasteiger partial charge in [0.15, 0.2) is 5.76 Å². The third-order valence-electron chi connectivity index (χ3n) is 4.58. The lowest BCUT2D eigenvalue weighted by molar-refractivity contribution is 0.0488. The second-order valence-electron chi connectivity index (χ2n) is 7.99. The number of nitrogens with one attached hydrogen (secondary N) is 1. The number of alkyl carbamates (subject to hydrolysis) is 1. The molecule has 1 fully saturated rings. The second-order valence-corrected chi connectivity index (χ2v) is 7.99. The smallest absolute Gasteiger partial charge is 0.407 e. The fourth-order valence-electron chi connectivity index (χ4n) is 3.31. The molecule has 6 nitrogen and oxygen atoms in total. The maximum atomic E-state index is 11.9. The molecule has 1 atom stereocenters. The molecule has 1 saturated heterocycles. The van der Waals surface area contributed by atoms with Crippen LogP contribution in [0.5, 0.6) is 0 Å². The van der Waals surface area contributed by atoms with Crippen LogP contribution in [0.15, 0.2) is 40.9 Å². The molecule has 1 aromatic heterocycles. The predicted molar refractivity (Wildman–Crippen MR) is 104 cm³/mol. The summed E-state index contributed by atoms with van der Waals surface area (Å²) in [5, 5.41) is 2.90. The molecule has 0 bridgehead atoms. The number of nitrogens with zero attached hydrogens (tertiary/aromatic N) is 2. The fraction of sp³-hybridized carbons (Fsp3) is 0.524. The molecule has 1 N–H and O–H groups in total. The Labute approximate surface area is 160 Å². The number of amides is 1. The molecule has 0 saturated carbocycles. The number of oxazole rings is 1. The molecule has 146 valence electrons. The van der Waals surface area contributed by atoms with Gasteiger partial charge in [0, 0.05) is 18.2 Å². The van der Waals surface area contributed by atoms with Crippen molar-refractivity contribution in [2.45, 2.75) is 58.2 Å². The van der Waals surface area contributed by atoms with E-state index < -0.39 is 5.60 Å². The van der Waals surface area contributed by atoms with E-state index in [4.69, 9.17) is 9.15 Å². The van der Waals surface area contributed by atoms with Gasteiger partial charge in [-0.05, 0) is 40.2 Å². The molecule has 2 aromatic rings. The van der Waals surface area contributed by atoms with Gasteiger partial charge in [-0.15, -0.1) is 0 Å². The predicted octanol–water partition coefficient (Wildman–Crippen LogP) is 4.22. The van der Waals surface area contributed by atoms with Crippen LogP contribution in [-0.2, 0) is 11.3 Å². The molecule has 0 radical (unpaired) electrons. The van der Waals surface area contributed by atoms with Crippen LogP contribution in [0.2, 0.25) is 0 Å². The summed E-state index contributed by atoms with van der Waals surface area (Å²) in [7, 11) is 0. The summed E-state index contributed by atoms with van der Waals surface area (Å²) in [5.41, 5.74) is 0.542. The standard InChI is InChI=1S/C21H29N3O3/c1-21(2,3)27-20(25)23-13-17-11-7-8-12-24(17)15-19-22-14-18(26-19)16-9-5-4-6-10-16/h4-6,9-10,14,17H,7-8,11-13,15H2,1-3H3,(H,23,25). The van der Waals surface area contributed by atoms with Crippen molar-refractivity contribution in [3.8, 4) is 11.3 Å². The Kier molecular flexibility index (Phi) is 6.16.